The van der Waals surface area contributed by atoms with E-state index in [9.17, 15) is 8.42 Å². The molecule has 18 heavy (non-hydrogen) atoms. The van der Waals surface area contributed by atoms with Crippen molar-refractivity contribution in [2.75, 3.05) is 20.3 Å². The summed E-state index contributed by atoms with van der Waals surface area (Å²) in [6.07, 6.45) is 0.678. The molecule has 0 fully saturated rings. The standard InChI is InChI=1S/C10H15Br2NO3S2/c1-7-9(5-10(12)17-7)18(14,15)13-4-3-8(11)6-16-2/h5,8,13H,3-4,6H2,1-2H3. The zero-order chi connectivity index (χ0) is 13.8. The first-order valence-corrected chi connectivity index (χ1v) is 9.26. The van der Waals surface area contributed by atoms with E-state index in [0.717, 1.165) is 8.66 Å². The van der Waals surface area contributed by atoms with Crippen LogP contribution in [-0.2, 0) is 14.8 Å². The van der Waals surface area contributed by atoms with E-state index in [1.807, 2.05) is 0 Å². The molecule has 0 radical (unpaired) electrons. The highest BCUT2D eigenvalue weighted by Crippen LogP contribution is 2.29. The number of hydrogen-bond donors (Lipinski definition) is 1. The first-order valence-electron chi connectivity index (χ1n) is 5.25. The molecule has 1 aromatic heterocycles. The zero-order valence-corrected chi connectivity index (χ0v) is 14.9. The van der Waals surface area contributed by atoms with Gasteiger partial charge in [-0.25, -0.2) is 13.1 Å². The number of halogens is 2. The summed E-state index contributed by atoms with van der Waals surface area (Å²) in [5.41, 5.74) is 0. The number of rotatable bonds is 7. The van der Waals surface area contributed by atoms with Gasteiger partial charge in [0.2, 0.25) is 10.0 Å². The van der Waals surface area contributed by atoms with Crippen LogP contribution in [0.1, 0.15) is 11.3 Å². The summed E-state index contributed by atoms with van der Waals surface area (Å²) in [6, 6.07) is 1.63. The number of alkyl halides is 1. The molecule has 1 aromatic rings. The van der Waals surface area contributed by atoms with Gasteiger partial charge in [-0.2, -0.15) is 0 Å². The van der Waals surface area contributed by atoms with E-state index in [1.54, 1.807) is 20.1 Å². The lowest BCUT2D eigenvalue weighted by Crippen LogP contribution is -2.27. The van der Waals surface area contributed by atoms with Gasteiger partial charge in [0.1, 0.15) is 0 Å². The molecule has 0 aliphatic carbocycles. The third-order valence-corrected chi connectivity index (χ3v) is 6.22. The second-order valence-corrected chi connectivity index (χ2v) is 9.38. The van der Waals surface area contributed by atoms with Gasteiger partial charge in [0.05, 0.1) is 15.3 Å². The SMILES string of the molecule is COCC(Br)CCNS(=O)(=O)c1cc(Br)sc1C. The second kappa shape index (κ2) is 7.35. The third-order valence-electron chi connectivity index (χ3n) is 2.23. The Kier molecular flexibility index (Phi) is 6.77. The monoisotopic (exact) mass is 419 g/mol. The lowest BCUT2D eigenvalue weighted by Gasteiger charge is -2.09. The molecule has 8 heteroatoms. The minimum Gasteiger partial charge on any atom is -0.384 e. The minimum atomic E-state index is -3.41. The number of sulfonamides is 1. The van der Waals surface area contributed by atoms with Crippen molar-refractivity contribution in [3.63, 3.8) is 0 Å². The maximum absolute atomic E-state index is 12.0. The van der Waals surface area contributed by atoms with Crippen molar-refractivity contribution in [2.45, 2.75) is 23.1 Å². The Morgan fingerprint density at radius 1 is 1.56 bits per heavy atom. The van der Waals surface area contributed by atoms with Crippen molar-refractivity contribution in [3.8, 4) is 0 Å². The summed E-state index contributed by atoms with van der Waals surface area (Å²) in [5, 5.41) is 0. The number of aryl methyl sites for hydroxylation is 1. The van der Waals surface area contributed by atoms with Crippen LogP contribution in [0.15, 0.2) is 14.7 Å². The van der Waals surface area contributed by atoms with Crippen LogP contribution < -0.4 is 4.72 Å². The van der Waals surface area contributed by atoms with Gasteiger partial charge in [0, 0.05) is 23.4 Å². The largest absolute Gasteiger partial charge is 0.384 e. The molecule has 1 atom stereocenters. The number of methoxy groups -OCH3 is 1. The van der Waals surface area contributed by atoms with Gasteiger partial charge in [0.25, 0.3) is 0 Å². The Bertz CT molecular complexity index is 487. The zero-order valence-electron chi connectivity index (χ0n) is 10.1. The van der Waals surface area contributed by atoms with Gasteiger partial charge in [-0.1, -0.05) is 15.9 Å². The third kappa shape index (κ3) is 4.90. The molecule has 0 bridgehead atoms. The Morgan fingerprint density at radius 3 is 2.72 bits per heavy atom. The van der Waals surface area contributed by atoms with Crippen molar-refractivity contribution in [1.29, 1.82) is 0 Å². The molecule has 0 amide bonds. The quantitative estimate of drug-likeness (QED) is 0.690. The summed E-state index contributed by atoms with van der Waals surface area (Å²) in [7, 11) is -1.80. The van der Waals surface area contributed by atoms with Crippen LogP contribution >= 0.6 is 43.2 Å². The molecule has 0 aliphatic heterocycles. The average molecular weight is 421 g/mol. The smallest absolute Gasteiger partial charge is 0.241 e. The van der Waals surface area contributed by atoms with Crippen LogP contribution in [0.2, 0.25) is 0 Å². The lowest BCUT2D eigenvalue weighted by molar-refractivity contribution is 0.199. The Balaban J connectivity index is 2.58. The Labute approximate surface area is 128 Å². The van der Waals surface area contributed by atoms with Crippen molar-refractivity contribution in [1.82, 2.24) is 4.72 Å². The van der Waals surface area contributed by atoms with Crippen molar-refractivity contribution in [2.24, 2.45) is 0 Å². The molecule has 1 unspecified atom stereocenters. The highest BCUT2D eigenvalue weighted by Gasteiger charge is 2.19. The second-order valence-electron chi connectivity index (χ2n) is 3.71. The van der Waals surface area contributed by atoms with Crippen molar-refractivity contribution < 1.29 is 13.2 Å². The summed E-state index contributed by atoms with van der Waals surface area (Å²) in [4.78, 5) is 1.28. The molecule has 4 nitrogen and oxygen atoms in total. The van der Waals surface area contributed by atoms with Crippen LogP contribution in [0, 0.1) is 6.92 Å². The molecule has 0 saturated heterocycles. The Morgan fingerprint density at radius 2 is 2.22 bits per heavy atom. The summed E-state index contributed by atoms with van der Waals surface area (Å²) < 4.78 is 32.4. The van der Waals surface area contributed by atoms with Gasteiger partial charge in [-0.3, -0.25) is 0 Å². The molecular weight excluding hydrogens is 406 g/mol. The first-order chi connectivity index (χ1) is 8.36. The van der Waals surface area contributed by atoms with E-state index in [2.05, 4.69) is 36.6 Å². The van der Waals surface area contributed by atoms with Gasteiger partial charge < -0.3 is 4.74 Å². The molecule has 1 N–H and O–H groups in total. The fraction of sp³-hybridized carbons (Fsp3) is 0.600. The van der Waals surface area contributed by atoms with Crippen LogP contribution in [0.3, 0.4) is 0 Å². The van der Waals surface area contributed by atoms with Crippen LogP contribution in [0.25, 0.3) is 0 Å². The van der Waals surface area contributed by atoms with E-state index < -0.39 is 10.0 Å². The number of hydrogen-bond acceptors (Lipinski definition) is 4. The summed E-state index contributed by atoms with van der Waals surface area (Å²) >= 11 is 8.12. The number of ether oxygens (including phenoxy) is 1. The lowest BCUT2D eigenvalue weighted by atomic mass is 10.3. The van der Waals surface area contributed by atoms with Gasteiger partial charge in [-0.05, 0) is 35.3 Å². The number of thiophene rings is 1. The predicted molar refractivity (Wildman–Crippen MR) is 81.2 cm³/mol. The van der Waals surface area contributed by atoms with Gasteiger partial charge in [-0.15, -0.1) is 11.3 Å². The van der Waals surface area contributed by atoms with E-state index in [1.165, 1.54) is 11.3 Å². The highest BCUT2D eigenvalue weighted by atomic mass is 79.9. The van der Waals surface area contributed by atoms with Crippen molar-refractivity contribution in [3.05, 3.63) is 14.7 Å². The van der Waals surface area contributed by atoms with E-state index in [0.29, 0.717) is 24.5 Å². The predicted octanol–water partition coefficient (Wildman–Crippen LogP) is 2.90. The first kappa shape index (κ1) is 16.6. The normalized spacial score (nSPS) is 13.8. The maximum Gasteiger partial charge on any atom is 0.241 e. The van der Waals surface area contributed by atoms with Gasteiger partial charge >= 0.3 is 0 Å². The topological polar surface area (TPSA) is 55.4 Å². The Hall–Kier alpha value is 0.530. The minimum absolute atomic E-state index is 0.153. The molecule has 0 spiro atoms. The van der Waals surface area contributed by atoms with E-state index >= 15 is 0 Å². The highest BCUT2D eigenvalue weighted by molar-refractivity contribution is 9.11. The van der Waals surface area contributed by atoms with Crippen LogP contribution in [0.5, 0.6) is 0 Å². The van der Waals surface area contributed by atoms with Crippen LogP contribution in [-0.4, -0.2) is 33.5 Å². The summed E-state index contributed by atoms with van der Waals surface area (Å²) in [5.74, 6) is 0. The van der Waals surface area contributed by atoms with Crippen LogP contribution in [0.4, 0.5) is 0 Å². The maximum atomic E-state index is 12.0. The molecule has 0 aliphatic rings. The molecular formula is C10H15Br2NO3S2. The van der Waals surface area contributed by atoms with E-state index in [4.69, 9.17) is 4.74 Å². The van der Waals surface area contributed by atoms with Crippen molar-refractivity contribution >= 4 is 53.2 Å². The molecule has 1 rings (SSSR count). The molecule has 0 saturated carbocycles. The van der Waals surface area contributed by atoms with E-state index in [-0.39, 0.29) is 4.83 Å². The van der Waals surface area contributed by atoms with Gasteiger partial charge in [0.15, 0.2) is 0 Å². The fourth-order valence-corrected chi connectivity index (χ4v) is 5.34. The number of nitrogens with one attached hydrogen (secondary N) is 1. The summed E-state index contributed by atoms with van der Waals surface area (Å²) in [6.45, 7) is 2.74. The average Bonchev–Trinajstić information content (AvgIpc) is 2.58. The molecule has 104 valence electrons. The molecule has 1 heterocycles. The fourth-order valence-electron chi connectivity index (χ4n) is 1.39. The molecule has 0 aromatic carbocycles.